The van der Waals surface area contributed by atoms with Crippen LogP contribution in [0.2, 0.25) is 0 Å². The van der Waals surface area contributed by atoms with Crippen molar-refractivity contribution in [2.75, 3.05) is 52.4 Å². The van der Waals surface area contributed by atoms with Crippen LogP contribution in [-0.2, 0) is 9.47 Å². The van der Waals surface area contributed by atoms with Gasteiger partial charge in [-0.15, -0.1) is 0 Å². The molecule has 2 N–H and O–H groups in total. The molecular weight excluding hydrogens is 384 g/mol. The predicted molar refractivity (Wildman–Crippen MR) is 115 cm³/mol. The highest BCUT2D eigenvalue weighted by Crippen LogP contribution is 2.28. The van der Waals surface area contributed by atoms with Crippen molar-refractivity contribution in [2.45, 2.75) is 52.7 Å². The van der Waals surface area contributed by atoms with E-state index in [2.05, 4.69) is 10.6 Å². The second-order valence-electron chi connectivity index (χ2n) is 11.1. The molecule has 2 amide bonds. The van der Waals surface area contributed by atoms with Gasteiger partial charge in [-0.3, -0.25) is 0 Å². The predicted octanol–water partition coefficient (Wildman–Crippen LogP) is 2.15. The summed E-state index contributed by atoms with van der Waals surface area (Å²) in [6, 6.07) is 0. The lowest BCUT2D eigenvalue weighted by molar-refractivity contribution is 0.0271. The topological polar surface area (TPSA) is 83.1 Å². The Morgan fingerprint density at radius 1 is 0.633 bits per heavy atom. The van der Waals surface area contributed by atoms with Crippen LogP contribution in [-0.4, -0.2) is 85.5 Å². The summed E-state index contributed by atoms with van der Waals surface area (Å²) in [5.74, 6) is 2.55. The monoisotopic (exact) mass is 424 g/mol. The summed E-state index contributed by atoms with van der Waals surface area (Å²) in [6.45, 7) is 19.0. The van der Waals surface area contributed by atoms with Crippen LogP contribution in [0.1, 0.15) is 41.5 Å². The molecular formula is C22H40N4O4. The van der Waals surface area contributed by atoms with E-state index < -0.39 is 0 Å². The molecule has 4 atom stereocenters. The van der Waals surface area contributed by atoms with Crippen molar-refractivity contribution in [3.63, 3.8) is 0 Å². The Kier molecular flexibility index (Phi) is 6.87. The van der Waals surface area contributed by atoms with Crippen LogP contribution < -0.4 is 10.6 Å². The number of ether oxygens (including phenoxy) is 2. The Labute approximate surface area is 181 Å². The number of hydrogen-bond acceptors (Lipinski definition) is 6. The van der Waals surface area contributed by atoms with Crippen molar-refractivity contribution in [1.82, 2.24) is 20.4 Å². The first-order valence-corrected chi connectivity index (χ1v) is 11.3. The summed E-state index contributed by atoms with van der Waals surface area (Å²) in [7, 11) is 0. The number of rotatable bonds is 0. The first kappa shape index (κ1) is 23.1. The van der Waals surface area contributed by atoms with E-state index >= 15 is 0 Å². The zero-order chi connectivity index (χ0) is 22.1. The summed E-state index contributed by atoms with van der Waals surface area (Å²) < 4.78 is 10.7. The summed E-state index contributed by atoms with van der Waals surface area (Å²) in [4.78, 5) is 27.2. The molecule has 0 aromatic heterocycles. The standard InChI is InChI=1S/2C11H20N2O2/c2*1-11(2,3)15-10(14)13-6-8-4-12-5-9(8)7-13/h2*8-9,12H,4-7H2,1-3H3/t2*8-,9+. The summed E-state index contributed by atoms with van der Waals surface area (Å²) in [5.41, 5.74) is -0.764. The number of nitrogens with zero attached hydrogens (tertiary/aromatic N) is 2. The van der Waals surface area contributed by atoms with Gasteiger partial charge in [-0.2, -0.15) is 0 Å². The van der Waals surface area contributed by atoms with Crippen molar-refractivity contribution in [2.24, 2.45) is 23.7 Å². The Hall–Kier alpha value is -1.54. The average molecular weight is 425 g/mol. The molecule has 4 heterocycles. The van der Waals surface area contributed by atoms with Gasteiger partial charge in [0.1, 0.15) is 11.2 Å². The highest BCUT2D eigenvalue weighted by molar-refractivity contribution is 5.69. The highest BCUT2D eigenvalue weighted by Gasteiger charge is 2.40. The number of carbonyl (C=O) groups is 2. The Balaban J connectivity index is 0.000000171. The number of fused-ring (bicyclic) bond motifs is 2. The molecule has 4 saturated heterocycles. The van der Waals surface area contributed by atoms with E-state index in [4.69, 9.17) is 9.47 Å². The molecule has 4 rings (SSSR count). The number of carbonyl (C=O) groups excluding carboxylic acids is 2. The van der Waals surface area contributed by atoms with Gasteiger partial charge in [0, 0.05) is 52.4 Å². The van der Waals surface area contributed by atoms with Crippen molar-refractivity contribution in [3.8, 4) is 0 Å². The molecule has 0 spiro atoms. The van der Waals surface area contributed by atoms with Gasteiger partial charge in [0.25, 0.3) is 0 Å². The van der Waals surface area contributed by atoms with E-state index in [-0.39, 0.29) is 23.4 Å². The molecule has 0 saturated carbocycles. The molecule has 0 bridgehead atoms. The fourth-order valence-electron chi connectivity index (χ4n) is 4.66. The molecule has 8 nitrogen and oxygen atoms in total. The van der Waals surface area contributed by atoms with E-state index in [0.717, 1.165) is 52.4 Å². The highest BCUT2D eigenvalue weighted by atomic mass is 16.6. The maximum absolute atomic E-state index is 11.8. The van der Waals surface area contributed by atoms with E-state index in [1.165, 1.54) is 0 Å². The first-order chi connectivity index (χ1) is 13.9. The lowest BCUT2D eigenvalue weighted by atomic mass is 10.0. The molecule has 4 aliphatic rings. The lowest BCUT2D eigenvalue weighted by Gasteiger charge is -2.24. The molecule has 0 radical (unpaired) electrons. The van der Waals surface area contributed by atoms with Crippen LogP contribution >= 0.6 is 0 Å². The second-order valence-corrected chi connectivity index (χ2v) is 11.1. The van der Waals surface area contributed by atoms with Gasteiger partial charge in [-0.25, -0.2) is 9.59 Å². The van der Waals surface area contributed by atoms with Crippen LogP contribution in [0.3, 0.4) is 0 Å². The van der Waals surface area contributed by atoms with Crippen LogP contribution in [0.4, 0.5) is 9.59 Å². The number of amides is 2. The van der Waals surface area contributed by atoms with Gasteiger partial charge < -0.3 is 29.9 Å². The SMILES string of the molecule is CC(C)(C)OC(=O)N1C[C@H]2CNC[C@H]2C1.CC(C)(C)OC(=O)N1C[C@H]2CNC[C@H]2C1. The minimum atomic E-state index is -0.382. The van der Waals surface area contributed by atoms with Crippen LogP contribution in [0.15, 0.2) is 0 Å². The van der Waals surface area contributed by atoms with Crippen LogP contribution in [0, 0.1) is 23.7 Å². The summed E-state index contributed by atoms with van der Waals surface area (Å²) in [5, 5.41) is 6.71. The molecule has 4 aliphatic heterocycles. The van der Waals surface area contributed by atoms with Crippen LogP contribution in [0.5, 0.6) is 0 Å². The number of nitrogens with one attached hydrogen (secondary N) is 2. The molecule has 0 aromatic carbocycles. The average Bonchev–Trinajstić information content (AvgIpc) is 3.31. The van der Waals surface area contributed by atoms with E-state index in [1.54, 1.807) is 0 Å². The smallest absolute Gasteiger partial charge is 0.410 e. The van der Waals surface area contributed by atoms with E-state index in [0.29, 0.717) is 23.7 Å². The van der Waals surface area contributed by atoms with Crippen molar-refractivity contribution in [3.05, 3.63) is 0 Å². The van der Waals surface area contributed by atoms with Gasteiger partial charge in [-0.1, -0.05) is 0 Å². The van der Waals surface area contributed by atoms with Gasteiger partial charge in [0.2, 0.25) is 0 Å². The minimum Gasteiger partial charge on any atom is -0.444 e. The summed E-state index contributed by atoms with van der Waals surface area (Å²) in [6.07, 6.45) is -0.311. The number of likely N-dealkylation sites (tertiary alicyclic amines) is 2. The Bertz CT molecular complexity index is 550. The van der Waals surface area contributed by atoms with Crippen molar-refractivity contribution in [1.29, 1.82) is 0 Å². The third-order valence-electron chi connectivity index (χ3n) is 6.08. The van der Waals surface area contributed by atoms with Gasteiger partial charge in [0.15, 0.2) is 0 Å². The molecule has 0 aromatic rings. The zero-order valence-electron chi connectivity index (χ0n) is 19.5. The zero-order valence-corrected chi connectivity index (χ0v) is 19.5. The third kappa shape index (κ3) is 6.23. The minimum absolute atomic E-state index is 0.156. The molecule has 0 unspecified atom stereocenters. The maximum Gasteiger partial charge on any atom is 0.410 e. The first-order valence-electron chi connectivity index (χ1n) is 11.3. The Morgan fingerprint density at radius 2 is 0.900 bits per heavy atom. The van der Waals surface area contributed by atoms with E-state index in [1.807, 2.05) is 51.3 Å². The molecule has 8 heteroatoms. The van der Waals surface area contributed by atoms with Gasteiger partial charge >= 0.3 is 12.2 Å². The van der Waals surface area contributed by atoms with Gasteiger partial charge in [0.05, 0.1) is 0 Å². The molecule has 172 valence electrons. The van der Waals surface area contributed by atoms with Crippen LogP contribution in [0.25, 0.3) is 0 Å². The van der Waals surface area contributed by atoms with Crippen molar-refractivity contribution < 1.29 is 19.1 Å². The Morgan fingerprint density at radius 3 is 1.13 bits per heavy atom. The fraction of sp³-hybridized carbons (Fsp3) is 0.909. The van der Waals surface area contributed by atoms with E-state index in [9.17, 15) is 9.59 Å². The lowest BCUT2D eigenvalue weighted by Crippen LogP contribution is -2.37. The summed E-state index contributed by atoms with van der Waals surface area (Å²) >= 11 is 0. The quantitative estimate of drug-likeness (QED) is 0.620. The molecule has 4 fully saturated rings. The second kappa shape index (κ2) is 8.91. The number of hydrogen-bond donors (Lipinski definition) is 2. The van der Waals surface area contributed by atoms with Gasteiger partial charge in [-0.05, 0) is 65.2 Å². The van der Waals surface area contributed by atoms with Crippen molar-refractivity contribution >= 4 is 12.2 Å². The largest absolute Gasteiger partial charge is 0.444 e. The third-order valence-corrected chi connectivity index (χ3v) is 6.08. The fourth-order valence-corrected chi connectivity index (χ4v) is 4.66. The maximum atomic E-state index is 11.8. The molecule has 0 aliphatic carbocycles. The normalized spacial score (nSPS) is 30.5. The molecule has 30 heavy (non-hydrogen) atoms.